The van der Waals surface area contributed by atoms with E-state index >= 15 is 0 Å². The molecule has 0 fully saturated rings. The quantitative estimate of drug-likeness (QED) is 0.735. The van der Waals surface area contributed by atoms with Gasteiger partial charge in [-0.3, -0.25) is 9.48 Å². The summed E-state index contributed by atoms with van der Waals surface area (Å²) in [6.45, 7) is 0.853. The summed E-state index contributed by atoms with van der Waals surface area (Å²) in [5.74, 6) is 0.592. The Morgan fingerprint density at radius 3 is 2.68 bits per heavy atom. The lowest BCUT2D eigenvalue weighted by atomic mass is 10.1. The summed E-state index contributed by atoms with van der Waals surface area (Å²) >= 11 is 5.93. The van der Waals surface area contributed by atoms with Crippen LogP contribution < -0.4 is 10.1 Å². The highest BCUT2D eigenvalue weighted by atomic mass is 35.5. The molecule has 1 N–H and O–H groups in total. The van der Waals surface area contributed by atoms with Gasteiger partial charge in [-0.15, -0.1) is 0 Å². The van der Waals surface area contributed by atoms with E-state index in [1.807, 2.05) is 37.4 Å². The molecule has 0 aliphatic carbocycles. The van der Waals surface area contributed by atoms with Crippen LogP contribution in [0, 0.1) is 0 Å². The molecular formula is C19H18ClN3O2. The van der Waals surface area contributed by atoms with Crippen LogP contribution in [-0.2, 0) is 20.2 Å². The average Bonchev–Trinajstić information content (AvgIpc) is 3.03. The van der Waals surface area contributed by atoms with E-state index in [0.29, 0.717) is 29.5 Å². The fourth-order valence-corrected chi connectivity index (χ4v) is 2.50. The molecule has 3 rings (SSSR count). The molecule has 2 aromatic carbocycles. The fraction of sp³-hybridized carbons (Fsp3) is 0.158. The first kappa shape index (κ1) is 17.0. The van der Waals surface area contributed by atoms with Gasteiger partial charge in [0, 0.05) is 23.8 Å². The summed E-state index contributed by atoms with van der Waals surface area (Å²) in [4.78, 5) is 12.2. The number of hydrogen-bond donors (Lipinski definition) is 1. The van der Waals surface area contributed by atoms with Crippen LogP contribution in [0.5, 0.6) is 5.75 Å². The van der Waals surface area contributed by atoms with Crippen LogP contribution >= 0.6 is 11.6 Å². The Morgan fingerprint density at radius 2 is 2.00 bits per heavy atom. The third-order valence-electron chi connectivity index (χ3n) is 3.77. The summed E-state index contributed by atoms with van der Waals surface area (Å²) in [5, 5.41) is 7.59. The zero-order valence-corrected chi connectivity index (χ0v) is 14.5. The number of hydrogen-bond acceptors (Lipinski definition) is 3. The second kappa shape index (κ2) is 7.85. The number of ether oxygens (including phenoxy) is 1. The molecule has 0 saturated heterocycles. The van der Waals surface area contributed by atoms with E-state index in [9.17, 15) is 4.79 Å². The molecule has 0 aliphatic rings. The molecule has 0 atom stereocenters. The average molecular weight is 356 g/mol. The topological polar surface area (TPSA) is 56.2 Å². The molecule has 0 spiro atoms. The van der Waals surface area contributed by atoms with Gasteiger partial charge in [0.15, 0.2) is 0 Å². The fourth-order valence-electron chi connectivity index (χ4n) is 2.32. The second-order valence-electron chi connectivity index (χ2n) is 5.57. The minimum Gasteiger partial charge on any atom is -0.489 e. The summed E-state index contributed by atoms with van der Waals surface area (Å²) in [7, 11) is 1.84. The van der Waals surface area contributed by atoms with E-state index in [2.05, 4.69) is 10.4 Å². The van der Waals surface area contributed by atoms with Gasteiger partial charge in [0.25, 0.3) is 5.91 Å². The molecule has 0 aliphatic heterocycles. The Morgan fingerprint density at radius 1 is 1.20 bits per heavy atom. The summed E-state index contributed by atoms with van der Waals surface area (Å²) in [6.07, 6.45) is 1.70. The molecule has 128 valence electrons. The Bertz CT molecular complexity index is 859. The van der Waals surface area contributed by atoms with Gasteiger partial charge in [0.1, 0.15) is 12.4 Å². The lowest BCUT2D eigenvalue weighted by Gasteiger charge is -2.08. The first-order valence-electron chi connectivity index (χ1n) is 7.84. The van der Waals surface area contributed by atoms with E-state index in [-0.39, 0.29) is 5.91 Å². The third kappa shape index (κ3) is 4.61. The maximum atomic E-state index is 12.2. The highest BCUT2D eigenvalue weighted by Gasteiger charge is 2.07. The molecule has 0 radical (unpaired) electrons. The number of aromatic nitrogens is 2. The molecule has 0 unspecified atom stereocenters. The Labute approximate surface area is 151 Å². The zero-order valence-electron chi connectivity index (χ0n) is 13.8. The Hall–Kier alpha value is -2.79. The maximum Gasteiger partial charge on any atom is 0.251 e. The summed E-state index contributed by atoms with van der Waals surface area (Å²) < 4.78 is 7.42. The van der Waals surface area contributed by atoms with Gasteiger partial charge >= 0.3 is 0 Å². The molecule has 6 heteroatoms. The Kier molecular flexibility index (Phi) is 5.36. The third-order valence-corrected chi connectivity index (χ3v) is 4.01. The van der Waals surface area contributed by atoms with Crippen molar-refractivity contribution in [3.8, 4) is 5.75 Å². The van der Waals surface area contributed by atoms with Crippen LogP contribution in [0.25, 0.3) is 0 Å². The molecule has 0 saturated carbocycles. The predicted molar refractivity (Wildman–Crippen MR) is 96.6 cm³/mol. The highest BCUT2D eigenvalue weighted by molar-refractivity contribution is 6.30. The van der Waals surface area contributed by atoms with Crippen molar-refractivity contribution in [1.82, 2.24) is 15.1 Å². The predicted octanol–water partition coefficient (Wildman–Crippen LogP) is 3.58. The number of aryl methyl sites for hydroxylation is 1. The van der Waals surface area contributed by atoms with Crippen LogP contribution in [-0.4, -0.2) is 15.7 Å². The lowest BCUT2D eigenvalue weighted by molar-refractivity contribution is 0.0950. The first-order valence-corrected chi connectivity index (χ1v) is 8.22. The van der Waals surface area contributed by atoms with E-state index in [4.69, 9.17) is 16.3 Å². The van der Waals surface area contributed by atoms with Gasteiger partial charge < -0.3 is 10.1 Å². The number of benzene rings is 2. The second-order valence-corrected chi connectivity index (χ2v) is 6.01. The van der Waals surface area contributed by atoms with E-state index < -0.39 is 0 Å². The van der Waals surface area contributed by atoms with E-state index in [0.717, 1.165) is 11.3 Å². The number of halogens is 1. The van der Waals surface area contributed by atoms with Crippen molar-refractivity contribution in [3.05, 3.63) is 82.6 Å². The van der Waals surface area contributed by atoms with Gasteiger partial charge in [-0.2, -0.15) is 5.10 Å². The van der Waals surface area contributed by atoms with E-state index in [1.54, 1.807) is 35.1 Å². The normalized spacial score (nSPS) is 10.5. The number of carbonyl (C=O) groups excluding carboxylic acids is 1. The molecule has 25 heavy (non-hydrogen) atoms. The van der Waals surface area contributed by atoms with Crippen LogP contribution in [0.3, 0.4) is 0 Å². The van der Waals surface area contributed by atoms with Crippen molar-refractivity contribution in [2.24, 2.45) is 7.05 Å². The van der Waals surface area contributed by atoms with Crippen molar-refractivity contribution in [3.63, 3.8) is 0 Å². The Balaban J connectivity index is 1.54. The van der Waals surface area contributed by atoms with Gasteiger partial charge in [-0.1, -0.05) is 29.8 Å². The SMILES string of the molecule is Cn1nccc1CNC(=O)c1ccc(COc2cccc(Cl)c2)cc1. The number of rotatable bonds is 6. The van der Waals surface area contributed by atoms with Gasteiger partial charge in [-0.25, -0.2) is 0 Å². The minimum absolute atomic E-state index is 0.122. The minimum atomic E-state index is -0.122. The van der Waals surface area contributed by atoms with Crippen LogP contribution in [0.2, 0.25) is 5.02 Å². The molecule has 1 amide bonds. The smallest absolute Gasteiger partial charge is 0.251 e. The number of carbonyl (C=O) groups is 1. The zero-order chi connectivity index (χ0) is 17.6. The van der Waals surface area contributed by atoms with Crippen molar-refractivity contribution in [2.75, 3.05) is 0 Å². The number of nitrogens with one attached hydrogen (secondary N) is 1. The standard InChI is InChI=1S/C19H18ClN3O2/c1-23-17(9-10-22-23)12-21-19(24)15-7-5-14(6-8-15)13-25-18-4-2-3-16(20)11-18/h2-11H,12-13H2,1H3,(H,21,24). The summed E-state index contributed by atoms with van der Waals surface area (Å²) in [5.41, 5.74) is 2.52. The lowest BCUT2D eigenvalue weighted by Crippen LogP contribution is -2.24. The number of nitrogens with zero attached hydrogens (tertiary/aromatic N) is 2. The van der Waals surface area contributed by atoms with Crippen molar-refractivity contribution in [2.45, 2.75) is 13.2 Å². The van der Waals surface area contributed by atoms with Crippen LogP contribution in [0.4, 0.5) is 0 Å². The van der Waals surface area contributed by atoms with Gasteiger partial charge in [0.05, 0.1) is 12.2 Å². The van der Waals surface area contributed by atoms with Crippen molar-refractivity contribution < 1.29 is 9.53 Å². The van der Waals surface area contributed by atoms with Crippen molar-refractivity contribution in [1.29, 1.82) is 0 Å². The molecule has 1 heterocycles. The van der Waals surface area contributed by atoms with Gasteiger partial charge in [0.2, 0.25) is 0 Å². The molecule has 0 bridgehead atoms. The first-order chi connectivity index (χ1) is 12.1. The molecule has 5 nitrogen and oxygen atoms in total. The van der Waals surface area contributed by atoms with E-state index in [1.165, 1.54) is 0 Å². The largest absolute Gasteiger partial charge is 0.489 e. The maximum absolute atomic E-state index is 12.2. The summed E-state index contributed by atoms with van der Waals surface area (Å²) in [6, 6.07) is 16.5. The van der Waals surface area contributed by atoms with Crippen molar-refractivity contribution >= 4 is 17.5 Å². The monoisotopic (exact) mass is 355 g/mol. The molecule has 3 aromatic rings. The number of amides is 1. The molecular weight excluding hydrogens is 338 g/mol. The van der Waals surface area contributed by atoms with Crippen LogP contribution in [0.15, 0.2) is 60.8 Å². The van der Waals surface area contributed by atoms with Crippen LogP contribution in [0.1, 0.15) is 21.6 Å². The molecule has 1 aromatic heterocycles. The highest BCUT2D eigenvalue weighted by Crippen LogP contribution is 2.18. The van der Waals surface area contributed by atoms with Gasteiger partial charge in [-0.05, 0) is 42.0 Å².